The van der Waals surface area contributed by atoms with Crippen molar-refractivity contribution in [2.24, 2.45) is 0 Å². The van der Waals surface area contributed by atoms with Crippen LogP contribution in [0.25, 0.3) is 5.57 Å². The molecule has 25 heavy (non-hydrogen) atoms. The Balaban J connectivity index is 0.000000236. The van der Waals surface area contributed by atoms with E-state index in [0.29, 0.717) is 12.0 Å². The topological polar surface area (TPSA) is 66.5 Å². The molecular weight excluding hydrogens is 316 g/mol. The van der Waals surface area contributed by atoms with Crippen molar-refractivity contribution in [3.63, 3.8) is 0 Å². The van der Waals surface area contributed by atoms with E-state index in [0.717, 1.165) is 24.9 Å². The van der Waals surface area contributed by atoms with E-state index in [1.165, 1.54) is 24.5 Å². The first kappa shape index (κ1) is 18.6. The van der Waals surface area contributed by atoms with Crippen LogP contribution in [0, 0.1) is 0 Å². The van der Waals surface area contributed by atoms with Crippen molar-refractivity contribution < 1.29 is 14.4 Å². The zero-order valence-electron chi connectivity index (χ0n) is 14.6. The van der Waals surface area contributed by atoms with Crippen LogP contribution in [-0.2, 0) is 20.8 Å². The molecule has 3 rings (SSSR count). The lowest BCUT2D eigenvalue weighted by molar-refractivity contribution is -0.125. The van der Waals surface area contributed by atoms with E-state index >= 15 is 0 Å². The monoisotopic (exact) mass is 340 g/mol. The molecule has 1 aromatic carbocycles. The Labute approximate surface area is 148 Å². The van der Waals surface area contributed by atoms with Crippen LogP contribution < -0.4 is 5.32 Å². The van der Waals surface area contributed by atoms with E-state index in [1.54, 1.807) is 11.1 Å². The van der Waals surface area contributed by atoms with E-state index < -0.39 is 0 Å². The lowest BCUT2D eigenvalue weighted by Crippen LogP contribution is -2.21. The molecule has 0 bridgehead atoms. The predicted molar refractivity (Wildman–Crippen MR) is 97.3 cm³/mol. The Morgan fingerprint density at radius 1 is 1.20 bits per heavy atom. The molecule has 1 N–H and O–H groups in total. The second-order valence-corrected chi connectivity index (χ2v) is 6.05. The van der Waals surface area contributed by atoms with Gasteiger partial charge in [-0.05, 0) is 36.6 Å². The van der Waals surface area contributed by atoms with E-state index in [-0.39, 0.29) is 17.7 Å². The van der Waals surface area contributed by atoms with Crippen molar-refractivity contribution in [2.45, 2.75) is 39.0 Å². The Bertz CT molecular complexity index is 689. The smallest absolute Gasteiger partial charge is 0.258 e. The number of amides is 3. The highest BCUT2D eigenvalue weighted by Crippen LogP contribution is 2.19. The van der Waals surface area contributed by atoms with Gasteiger partial charge in [0.05, 0.1) is 5.57 Å². The van der Waals surface area contributed by atoms with Gasteiger partial charge >= 0.3 is 0 Å². The fourth-order valence-corrected chi connectivity index (χ4v) is 2.72. The summed E-state index contributed by atoms with van der Waals surface area (Å²) in [5.41, 5.74) is 2.52. The normalized spacial score (nSPS) is 16.3. The number of benzene rings is 1. The lowest BCUT2D eigenvalue weighted by atomic mass is 10.0. The second kappa shape index (κ2) is 8.97. The van der Waals surface area contributed by atoms with Crippen LogP contribution in [0.2, 0.25) is 0 Å². The third-order valence-electron chi connectivity index (χ3n) is 4.17. The average molecular weight is 340 g/mol. The zero-order chi connectivity index (χ0) is 18.2. The Morgan fingerprint density at radius 3 is 2.36 bits per heavy atom. The molecule has 5 nitrogen and oxygen atoms in total. The average Bonchev–Trinajstić information content (AvgIpc) is 3.18. The van der Waals surface area contributed by atoms with Crippen LogP contribution in [-0.4, -0.2) is 29.2 Å². The van der Waals surface area contributed by atoms with Gasteiger partial charge in [0, 0.05) is 19.0 Å². The largest absolute Gasteiger partial charge is 0.320 e. The maximum atomic E-state index is 11.4. The minimum atomic E-state index is -0.333. The molecule has 2 heterocycles. The van der Waals surface area contributed by atoms with Crippen LogP contribution in [0.4, 0.5) is 0 Å². The van der Waals surface area contributed by atoms with Gasteiger partial charge in [0.25, 0.3) is 11.8 Å². The van der Waals surface area contributed by atoms with Crippen LogP contribution >= 0.6 is 0 Å². The van der Waals surface area contributed by atoms with E-state index in [2.05, 4.69) is 18.8 Å². The number of hydrogen-bond donors (Lipinski definition) is 1. The van der Waals surface area contributed by atoms with Crippen LogP contribution in [0.1, 0.15) is 43.7 Å². The van der Waals surface area contributed by atoms with Crippen molar-refractivity contribution in [2.75, 3.05) is 6.54 Å². The molecule has 1 saturated heterocycles. The van der Waals surface area contributed by atoms with Crippen LogP contribution in [0.5, 0.6) is 0 Å². The summed E-state index contributed by atoms with van der Waals surface area (Å²) in [6.07, 6.45) is 8.03. The Morgan fingerprint density at radius 2 is 1.92 bits per heavy atom. The van der Waals surface area contributed by atoms with Gasteiger partial charge in [-0.3, -0.25) is 19.7 Å². The van der Waals surface area contributed by atoms with Gasteiger partial charge in [-0.15, -0.1) is 0 Å². The summed E-state index contributed by atoms with van der Waals surface area (Å²) in [7, 11) is 0. The first-order valence-corrected chi connectivity index (χ1v) is 8.63. The first-order chi connectivity index (χ1) is 12.0. The third-order valence-corrected chi connectivity index (χ3v) is 4.17. The molecule has 5 heteroatoms. The number of hydrogen-bond acceptors (Lipinski definition) is 3. The van der Waals surface area contributed by atoms with Gasteiger partial charge in [-0.2, -0.15) is 0 Å². The number of rotatable bonds is 5. The van der Waals surface area contributed by atoms with Crippen molar-refractivity contribution in [3.05, 3.63) is 54.2 Å². The number of imide groups is 1. The summed E-state index contributed by atoms with van der Waals surface area (Å²) in [6.45, 7) is 6.52. The summed E-state index contributed by atoms with van der Waals surface area (Å²) in [6, 6.07) is 7.83. The number of carbonyl (C=O) groups is 3. The van der Waals surface area contributed by atoms with Gasteiger partial charge < -0.3 is 4.90 Å². The van der Waals surface area contributed by atoms with Gasteiger partial charge in [0.1, 0.15) is 0 Å². The third kappa shape index (κ3) is 5.14. The minimum absolute atomic E-state index is 0.208. The van der Waals surface area contributed by atoms with Crippen molar-refractivity contribution in [1.29, 1.82) is 0 Å². The molecule has 1 fully saturated rings. The fraction of sp³-hybridized carbons (Fsp3) is 0.350. The zero-order valence-corrected chi connectivity index (χ0v) is 14.6. The Hall–Kier alpha value is -2.69. The summed E-state index contributed by atoms with van der Waals surface area (Å²) in [5, 5.41) is 2.24. The number of unbranched alkanes of at least 4 members (excludes halogenated alkanes) is 1. The van der Waals surface area contributed by atoms with E-state index in [1.807, 2.05) is 24.3 Å². The highest BCUT2D eigenvalue weighted by Gasteiger charge is 2.21. The van der Waals surface area contributed by atoms with Crippen LogP contribution in [0.15, 0.2) is 43.1 Å². The van der Waals surface area contributed by atoms with E-state index in [9.17, 15) is 14.4 Å². The van der Waals surface area contributed by atoms with Gasteiger partial charge in [0.2, 0.25) is 5.91 Å². The molecule has 2 aliphatic heterocycles. The Kier molecular flexibility index (Phi) is 6.69. The second-order valence-electron chi connectivity index (χ2n) is 6.05. The SMILES string of the molecule is C=CN1CCCC1=O.CCCCc1ccc(C2=CC(=O)NC2=O)cc1. The molecule has 3 amide bonds. The van der Waals surface area contributed by atoms with Gasteiger partial charge in [-0.25, -0.2) is 0 Å². The fourth-order valence-electron chi connectivity index (χ4n) is 2.72. The number of likely N-dealkylation sites (tertiary alicyclic amines) is 1. The van der Waals surface area contributed by atoms with Gasteiger partial charge in [-0.1, -0.05) is 44.2 Å². The summed E-state index contributed by atoms with van der Waals surface area (Å²) >= 11 is 0. The van der Waals surface area contributed by atoms with Crippen molar-refractivity contribution >= 4 is 23.3 Å². The number of nitrogens with one attached hydrogen (secondary N) is 1. The molecule has 0 radical (unpaired) electrons. The summed E-state index contributed by atoms with van der Waals surface area (Å²) in [4.78, 5) is 34.8. The standard InChI is InChI=1S/C14H15NO2.C6H9NO/c1-2-3-4-10-5-7-11(8-6-10)12-9-13(16)15-14(12)17;1-2-7-5-3-4-6(7)8/h5-9H,2-4H2,1H3,(H,15,16,17);2H,1,3-5H2. The number of nitrogens with zero attached hydrogens (tertiary/aromatic N) is 1. The summed E-state index contributed by atoms with van der Waals surface area (Å²) in [5.74, 6) is -0.434. The van der Waals surface area contributed by atoms with Crippen molar-refractivity contribution in [3.8, 4) is 0 Å². The highest BCUT2D eigenvalue weighted by atomic mass is 16.2. The molecule has 0 unspecified atom stereocenters. The highest BCUT2D eigenvalue weighted by molar-refractivity contribution is 6.33. The predicted octanol–water partition coefficient (Wildman–Crippen LogP) is 2.82. The molecule has 2 aliphatic rings. The molecule has 0 spiro atoms. The maximum absolute atomic E-state index is 11.4. The molecule has 0 saturated carbocycles. The first-order valence-electron chi connectivity index (χ1n) is 8.63. The van der Waals surface area contributed by atoms with E-state index in [4.69, 9.17) is 0 Å². The molecule has 0 aliphatic carbocycles. The maximum Gasteiger partial charge on any atom is 0.258 e. The summed E-state index contributed by atoms with van der Waals surface area (Å²) < 4.78 is 0. The van der Waals surface area contributed by atoms with Crippen LogP contribution in [0.3, 0.4) is 0 Å². The number of aryl methyl sites for hydroxylation is 1. The van der Waals surface area contributed by atoms with Gasteiger partial charge in [0.15, 0.2) is 0 Å². The van der Waals surface area contributed by atoms with Crippen molar-refractivity contribution in [1.82, 2.24) is 10.2 Å². The molecule has 132 valence electrons. The quantitative estimate of drug-likeness (QED) is 0.838. The molecule has 0 aromatic heterocycles. The number of carbonyl (C=O) groups excluding carboxylic acids is 3. The molecule has 0 atom stereocenters. The molecular formula is C20H24N2O3. The minimum Gasteiger partial charge on any atom is -0.320 e. The lowest BCUT2D eigenvalue weighted by Gasteiger charge is -2.05. The molecule has 1 aromatic rings.